The van der Waals surface area contributed by atoms with E-state index in [1.54, 1.807) is 0 Å². The van der Waals surface area contributed by atoms with E-state index in [0.29, 0.717) is 5.69 Å². The predicted octanol–water partition coefficient (Wildman–Crippen LogP) is 4.45. The van der Waals surface area contributed by atoms with Crippen LogP contribution in [0.3, 0.4) is 0 Å². The van der Waals surface area contributed by atoms with Crippen molar-refractivity contribution in [3.63, 3.8) is 0 Å². The minimum atomic E-state index is -0.575. The number of hydrogen-bond donors (Lipinski definition) is 1. The van der Waals surface area contributed by atoms with Gasteiger partial charge >= 0.3 is 0 Å². The van der Waals surface area contributed by atoms with E-state index in [0.717, 1.165) is 11.6 Å². The van der Waals surface area contributed by atoms with Gasteiger partial charge in [0.25, 0.3) is 0 Å². The number of hydrogen-bond acceptors (Lipinski definition) is 1. The number of benzene rings is 2. The van der Waals surface area contributed by atoms with Crippen LogP contribution in [0.5, 0.6) is 0 Å². The molecule has 0 aliphatic rings. The maximum atomic E-state index is 13.1. The quantitative estimate of drug-likeness (QED) is 0.845. The fourth-order valence-electron chi connectivity index (χ4n) is 1.83. The van der Waals surface area contributed by atoms with Crippen LogP contribution in [0.1, 0.15) is 24.1 Å². The van der Waals surface area contributed by atoms with Gasteiger partial charge in [-0.05, 0) is 31.5 Å². The Bertz CT molecular complexity index is 514. The molecule has 0 fully saturated rings. The molecule has 2 aromatic rings. The Morgan fingerprint density at radius 3 is 2.06 bits per heavy atom. The van der Waals surface area contributed by atoms with Crippen LogP contribution in [0.2, 0.25) is 0 Å². The molecule has 0 heterocycles. The van der Waals surface area contributed by atoms with Crippen molar-refractivity contribution in [3.05, 3.63) is 65.2 Å². The molecule has 0 aliphatic heterocycles. The van der Waals surface area contributed by atoms with E-state index in [4.69, 9.17) is 0 Å². The molecule has 0 aromatic heterocycles. The first-order valence-electron chi connectivity index (χ1n) is 5.84. The van der Waals surface area contributed by atoms with Gasteiger partial charge in [-0.15, -0.1) is 0 Å². The second kappa shape index (κ2) is 5.17. The van der Waals surface area contributed by atoms with Gasteiger partial charge < -0.3 is 5.32 Å². The lowest BCUT2D eigenvalue weighted by molar-refractivity contribution is 0.583. The van der Waals surface area contributed by atoms with Gasteiger partial charge in [0.2, 0.25) is 0 Å². The van der Waals surface area contributed by atoms with Gasteiger partial charge in [0, 0.05) is 17.8 Å². The van der Waals surface area contributed by atoms with Crippen molar-refractivity contribution in [2.75, 3.05) is 5.32 Å². The third-order valence-corrected chi connectivity index (χ3v) is 2.82. The Kier molecular flexibility index (Phi) is 3.60. The fraction of sp³-hybridized carbons (Fsp3) is 0.200. The van der Waals surface area contributed by atoms with Gasteiger partial charge in [0.1, 0.15) is 11.6 Å². The van der Waals surface area contributed by atoms with Crippen molar-refractivity contribution in [2.45, 2.75) is 19.9 Å². The summed E-state index contributed by atoms with van der Waals surface area (Å²) in [5.74, 6) is -1.15. The highest BCUT2D eigenvalue weighted by Gasteiger charge is 2.07. The van der Waals surface area contributed by atoms with E-state index in [-0.39, 0.29) is 6.04 Å². The van der Waals surface area contributed by atoms with E-state index in [1.165, 1.54) is 17.7 Å². The molecule has 2 rings (SSSR count). The topological polar surface area (TPSA) is 12.0 Å². The summed E-state index contributed by atoms with van der Waals surface area (Å²) in [5, 5.41) is 3.08. The summed E-state index contributed by atoms with van der Waals surface area (Å²) in [6.45, 7) is 3.97. The molecule has 1 N–H and O–H groups in total. The Morgan fingerprint density at radius 2 is 1.50 bits per heavy atom. The highest BCUT2D eigenvalue weighted by atomic mass is 19.1. The van der Waals surface area contributed by atoms with E-state index in [2.05, 4.69) is 5.32 Å². The molecule has 1 unspecified atom stereocenters. The summed E-state index contributed by atoms with van der Waals surface area (Å²) in [5.41, 5.74) is 2.70. The second-order valence-corrected chi connectivity index (χ2v) is 4.43. The monoisotopic (exact) mass is 247 g/mol. The molecule has 3 heteroatoms. The first-order chi connectivity index (χ1) is 8.54. The van der Waals surface area contributed by atoms with Crippen LogP contribution in [0, 0.1) is 18.6 Å². The largest absolute Gasteiger partial charge is 0.378 e. The lowest BCUT2D eigenvalue weighted by atomic mass is 10.1. The Balaban J connectivity index is 2.15. The lowest BCUT2D eigenvalue weighted by Crippen LogP contribution is -2.07. The number of halogens is 2. The number of rotatable bonds is 3. The molecule has 2 aromatic carbocycles. The van der Waals surface area contributed by atoms with E-state index in [9.17, 15) is 8.78 Å². The molecule has 0 saturated carbocycles. The highest BCUT2D eigenvalue weighted by molar-refractivity contribution is 5.46. The Morgan fingerprint density at radius 1 is 0.944 bits per heavy atom. The van der Waals surface area contributed by atoms with E-state index >= 15 is 0 Å². The fourth-order valence-corrected chi connectivity index (χ4v) is 1.83. The van der Waals surface area contributed by atoms with Crippen molar-refractivity contribution < 1.29 is 8.78 Å². The zero-order chi connectivity index (χ0) is 13.1. The molecule has 0 saturated heterocycles. The normalized spacial score (nSPS) is 12.2. The molecule has 0 radical (unpaired) electrons. The maximum Gasteiger partial charge on any atom is 0.128 e. The van der Waals surface area contributed by atoms with Crippen LogP contribution in [-0.4, -0.2) is 0 Å². The maximum absolute atomic E-state index is 13.1. The van der Waals surface area contributed by atoms with Crippen molar-refractivity contribution in [1.29, 1.82) is 0 Å². The van der Waals surface area contributed by atoms with Crippen LogP contribution in [-0.2, 0) is 0 Å². The zero-order valence-corrected chi connectivity index (χ0v) is 10.4. The summed E-state index contributed by atoms with van der Waals surface area (Å²) < 4.78 is 26.1. The van der Waals surface area contributed by atoms with Crippen LogP contribution in [0.15, 0.2) is 42.5 Å². The van der Waals surface area contributed by atoms with Gasteiger partial charge in [0.05, 0.1) is 0 Å². The number of aryl methyl sites for hydroxylation is 1. The van der Waals surface area contributed by atoms with Crippen LogP contribution < -0.4 is 5.32 Å². The molecule has 1 atom stereocenters. The molecule has 0 aliphatic carbocycles. The van der Waals surface area contributed by atoms with Crippen LogP contribution in [0.4, 0.5) is 14.5 Å². The highest BCUT2D eigenvalue weighted by Crippen LogP contribution is 2.21. The predicted molar refractivity (Wildman–Crippen MR) is 69.6 cm³/mol. The standard InChI is InChI=1S/C15H15F2N/c1-10-3-5-12(6-4-10)11(2)18-15-8-13(16)7-14(17)9-15/h3-9,11,18H,1-2H3. The molecule has 0 bridgehead atoms. The van der Waals surface area contributed by atoms with Gasteiger partial charge in [-0.3, -0.25) is 0 Å². The Hall–Kier alpha value is -1.90. The zero-order valence-electron chi connectivity index (χ0n) is 10.4. The van der Waals surface area contributed by atoms with Gasteiger partial charge in [-0.25, -0.2) is 8.78 Å². The summed E-state index contributed by atoms with van der Waals surface area (Å²) in [6, 6.07) is 11.5. The molecule has 0 spiro atoms. The first-order valence-corrected chi connectivity index (χ1v) is 5.84. The summed E-state index contributed by atoms with van der Waals surface area (Å²) >= 11 is 0. The molecule has 0 amide bonds. The second-order valence-electron chi connectivity index (χ2n) is 4.43. The molecular weight excluding hydrogens is 232 g/mol. The molecule has 94 valence electrons. The van der Waals surface area contributed by atoms with E-state index in [1.807, 2.05) is 38.1 Å². The Labute approximate surface area is 105 Å². The third-order valence-electron chi connectivity index (χ3n) is 2.82. The smallest absolute Gasteiger partial charge is 0.128 e. The minimum absolute atomic E-state index is 0.00759. The molecule has 1 nitrogen and oxygen atoms in total. The van der Waals surface area contributed by atoms with Crippen molar-refractivity contribution in [3.8, 4) is 0 Å². The molecular formula is C15H15F2N. The van der Waals surface area contributed by atoms with Crippen molar-refractivity contribution >= 4 is 5.69 Å². The van der Waals surface area contributed by atoms with Gasteiger partial charge in [0.15, 0.2) is 0 Å². The average molecular weight is 247 g/mol. The number of anilines is 1. The minimum Gasteiger partial charge on any atom is -0.378 e. The van der Waals surface area contributed by atoms with Crippen molar-refractivity contribution in [2.24, 2.45) is 0 Å². The summed E-state index contributed by atoms with van der Waals surface area (Å²) in [4.78, 5) is 0. The van der Waals surface area contributed by atoms with Gasteiger partial charge in [-0.1, -0.05) is 29.8 Å². The summed E-state index contributed by atoms with van der Waals surface area (Å²) in [7, 11) is 0. The van der Waals surface area contributed by atoms with E-state index < -0.39 is 11.6 Å². The van der Waals surface area contributed by atoms with Crippen molar-refractivity contribution in [1.82, 2.24) is 0 Å². The number of nitrogens with one attached hydrogen (secondary N) is 1. The average Bonchev–Trinajstić information content (AvgIpc) is 2.28. The SMILES string of the molecule is Cc1ccc(C(C)Nc2cc(F)cc(F)c2)cc1. The summed E-state index contributed by atoms with van der Waals surface area (Å²) in [6.07, 6.45) is 0. The first kappa shape index (κ1) is 12.6. The third kappa shape index (κ3) is 3.06. The molecule has 18 heavy (non-hydrogen) atoms. The van der Waals surface area contributed by atoms with Crippen LogP contribution >= 0.6 is 0 Å². The van der Waals surface area contributed by atoms with Crippen LogP contribution in [0.25, 0.3) is 0 Å². The van der Waals surface area contributed by atoms with Gasteiger partial charge in [-0.2, -0.15) is 0 Å². The lowest BCUT2D eigenvalue weighted by Gasteiger charge is -2.16.